The minimum Gasteiger partial charge on any atom is -0.384 e. The van der Waals surface area contributed by atoms with Gasteiger partial charge in [-0.1, -0.05) is 18.2 Å². The largest absolute Gasteiger partial charge is 0.384 e. The summed E-state index contributed by atoms with van der Waals surface area (Å²) in [4.78, 5) is 0. The lowest BCUT2D eigenvalue weighted by molar-refractivity contribution is 0.767. The summed E-state index contributed by atoms with van der Waals surface area (Å²) in [5.74, 6) is 0.593. The summed E-state index contributed by atoms with van der Waals surface area (Å²) in [5, 5.41) is 9.81. The summed E-state index contributed by atoms with van der Waals surface area (Å²) in [6.07, 6.45) is 4.55. The topological polar surface area (TPSA) is 59.4 Å². The second-order valence-electron chi connectivity index (χ2n) is 4.65. The smallest absolute Gasteiger partial charge is 0.124 e. The van der Waals surface area contributed by atoms with Gasteiger partial charge in [0, 0.05) is 26.4 Å². The molecular weight excluding hydrogens is 250 g/mol. The van der Waals surface area contributed by atoms with Crippen LogP contribution in [0.1, 0.15) is 12.5 Å². The normalized spacial score (nSPS) is 11.9. The van der Waals surface area contributed by atoms with Gasteiger partial charge in [0.25, 0.3) is 0 Å². The molecular formula is C15H19N5. The van der Waals surface area contributed by atoms with Crippen molar-refractivity contribution in [2.45, 2.75) is 13.3 Å². The van der Waals surface area contributed by atoms with E-state index in [0.29, 0.717) is 5.82 Å². The zero-order chi connectivity index (χ0) is 14.5. The maximum atomic E-state index is 6.20. The highest BCUT2D eigenvalue weighted by molar-refractivity contribution is 5.53. The van der Waals surface area contributed by atoms with Gasteiger partial charge in [0.1, 0.15) is 5.82 Å². The van der Waals surface area contributed by atoms with Crippen LogP contribution in [0.2, 0.25) is 0 Å². The highest BCUT2D eigenvalue weighted by atomic mass is 15.5. The number of nitrogens with two attached hydrogens (primary N) is 1. The first kappa shape index (κ1) is 13.9. The lowest BCUT2D eigenvalue weighted by Gasteiger charge is -2.20. The number of para-hydroxylation sites is 1. The van der Waals surface area contributed by atoms with Crippen molar-refractivity contribution in [3.8, 4) is 0 Å². The lowest BCUT2D eigenvalue weighted by atomic mass is 10.1. The monoisotopic (exact) mass is 269 g/mol. The van der Waals surface area contributed by atoms with Crippen molar-refractivity contribution in [1.29, 1.82) is 0 Å². The predicted octanol–water partition coefficient (Wildman–Crippen LogP) is 2.28. The third-order valence-electron chi connectivity index (χ3n) is 3.04. The number of hydrogen-bond acceptors (Lipinski definition) is 4. The molecule has 104 valence electrons. The Kier molecular flexibility index (Phi) is 4.20. The fraction of sp³-hybridized carbons (Fsp3) is 0.200. The van der Waals surface area contributed by atoms with Gasteiger partial charge in [-0.25, -0.2) is 5.01 Å². The second-order valence-corrected chi connectivity index (χ2v) is 4.65. The SMILES string of the molecule is C=NN(/C(N)=C(/C)Cc1cnn(C)c1)c1ccccc1. The summed E-state index contributed by atoms with van der Waals surface area (Å²) in [6.45, 7) is 5.59. The van der Waals surface area contributed by atoms with Crippen molar-refractivity contribution in [2.24, 2.45) is 17.9 Å². The minimum atomic E-state index is 0.593. The van der Waals surface area contributed by atoms with E-state index in [2.05, 4.69) is 16.9 Å². The summed E-state index contributed by atoms with van der Waals surface area (Å²) < 4.78 is 1.78. The van der Waals surface area contributed by atoms with Crippen LogP contribution in [0.5, 0.6) is 0 Å². The molecule has 0 saturated carbocycles. The number of aromatic nitrogens is 2. The third-order valence-corrected chi connectivity index (χ3v) is 3.04. The molecule has 0 radical (unpaired) electrons. The highest BCUT2D eigenvalue weighted by Crippen LogP contribution is 2.19. The number of benzene rings is 1. The van der Waals surface area contributed by atoms with Crippen molar-refractivity contribution in [2.75, 3.05) is 5.01 Å². The Hall–Kier alpha value is -2.56. The number of rotatable bonds is 5. The van der Waals surface area contributed by atoms with Crippen molar-refractivity contribution in [3.05, 3.63) is 59.7 Å². The molecule has 0 bridgehead atoms. The van der Waals surface area contributed by atoms with Crippen molar-refractivity contribution >= 4 is 12.4 Å². The first-order valence-electron chi connectivity index (χ1n) is 6.36. The van der Waals surface area contributed by atoms with Crippen LogP contribution in [0.4, 0.5) is 5.69 Å². The minimum absolute atomic E-state index is 0.593. The van der Waals surface area contributed by atoms with Gasteiger partial charge in [0.15, 0.2) is 0 Å². The molecule has 1 aromatic heterocycles. The van der Waals surface area contributed by atoms with Gasteiger partial charge in [0.2, 0.25) is 0 Å². The number of hydrazone groups is 1. The van der Waals surface area contributed by atoms with Gasteiger partial charge in [-0.3, -0.25) is 4.68 Å². The first-order valence-corrected chi connectivity index (χ1v) is 6.36. The van der Waals surface area contributed by atoms with Crippen LogP contribution in [0.15, 0.2) is 59.2 Å². The van der Waals surface area contributed by atoms with Gasteiger partial charge >= 0.3 is 0 Å². The van der Waals surface area contributed by atoms with Crippen molar-refractivity contribution in [3.63, 3.8) is 0 Å². The molecule has 0 unspecified atom stereocenters. The lowest BCUT2D eigenvalue weighted by Crippen LogP contribution is -2.23. The van der Waals surface area contributed by atoms with Crippen LogP contribution in [-0.4, -0.2) is 16.5 Å². The molecule has 0 amide bonds. The number of aryl methyl sites for hydroxylation is 1. The number of nitrogens with zero attached hydrogens (tertiary/aromatic N) is 4. The summed E-state index contributed by atoms with van der Waals surface area (Å²) in [5.41, 5.74) is 9.24. The maximum Gasteiger partial charge on any atom is 0.124 e. The fourth-order valence-electron chi connectivity index (χ4n) is 2.01. The molecule has 0 atom stereocenters. The van der Waals surface area contributed by atoms with E-state index in [0.717, 1.165) is 23.2 Å². The van der Waals surface area contributed by atoms with Gasteiger partial charge in [-0.15, -0.1) is 0 Å². The summed E-state index contributed by atoms with van der Waals surface area (Å²) >= 11 is 0. The molecule has 20 heavy (non-hydrogen) atoms. The van der Waals surface area contributed by atoms with E-state index in [-0.39, 0.29) is 0 Å². The number of allylic oxidation sites excluding steroid dienone is 1. The molecule has 2 aromatic rings. The van der Waals surface area contributed by atoms with E-state index >= 15 is 0 Å². The standard InChI is InChI=1S/C15H19N5/c1-12(9-13-10-18-19(3)11-13)15(16)20(17-2)14-7-5-4-6-8-14/h4-8,10-11H,2,9,16H2,1,3H3/b15-12-. The average Bonchev–Trinajstić information content (AvgIpc) is 2.86. The Morgan fingerprint density at radius 1 is 1.40 bits per heavy atom. The van der Waals surface area contributed by atoms with E-state index in [1.54, 1.807) is 9.69 Å². The maximum absolute atomic E-state index is 6.20. The first-order chi connectivity index (χ1) is 9.61. The van der Waals surface area contributed by atoms with E-state index in [4.69, 9.17) is 5.73 Å². The molecule has 2 N–H and O–H groups in total. The quantitative estimate of drug-likeness (QED) is 0.669. The van der Waals surface area contributed by atoms with Gasteiger partial charge in [-0.05, 0) is 30.2 Å². The number of hydrogen-bond donors (Lipinski definition) is 1. The third kappa shape index (κ3) is 3.06. The Labute approximate surface area is 119 Å². The van der Waals surface area contributed by atoms with E-state index in [9.17, 15) is 0 Å². The molecule has 1 heterocycles. The highest BCUT2D eigenvalue weighted by Gasteiger charge is 2.10. The molecule has 0 aliphatic carbocycles. The Morgan fingerprint density at radius 3 is 2.65 bits per heavy atom. The van der Waals surface area contributed by atoms with Crippen LogP contribution in [0.25, 0.3) is 0 Å². The Bertz CT molecular complexity index is 612. The molecule has 0 spiro atoms. The molecule has 0 fully saturated rings. The molecule has 0 aliphatic heterocycles. The Balaban J connectivity index is 2.24. The van der Waals surface area contributed by atoms with E-state index in [1.807, 2.05) is 56.7 Å². The Morgan fingerprint density at radius 2 is 2.10 bits per heavy atom. The van der Waals surface area contributed by atoms with E-state index < -0.39 is 0 Å². The summed E-state index contributed by atoms with van der Waals surface area (Å²) in [6, 6.07) is 9.72. The number of anilines is 1. The molecule has 0 saturated heterocycles. The van der Waals surface area contributed by atoms with Crippen molar-refractivity contribution in [1.82, 2.24) is 9.78 Å². The van der Waals surface area contributed by atoms with Crippen LogP contribution in [0.3, 0.4) is 0 Å². The van der Waals surface area contributed by atoms with Crippen LogP contribution < -0.4 is 10.7 Å². The molecule has 5 nitrogen and oxygen atoms in total. The molecule has 5 heteroatoms. The van der Waals surface area contributed by atoms with Crippen LogP contribution in [0, 0.1) is 0 Å². The zero-order valence-corrected chi connectivity index (χ0v) is 11.8. The zero-order valence-electron chi connectivity index (χ0n) is 11.8. The van der Waals surface area contributed by atoms with Crippen molar-refractivity contribution < 1.29 is 0 Å². The molecule has 2 rings (SSSR count). The molecule has 0 aliphatic rings. The van der Waals surface area contributed by atoms with E-state index in [1.165, 1.54) is 0 Å². The van der Waals surface area contributed by atoms with Crippen LogP contribution >= 0.6 is 0 Å². The van der Waals surface area contributed by atoms with Gasteiger partial charge in [-0.2, -0.15) is 10.2 Å². The van der Waals surface area contributed by atoms with Gasteiger partial charge < -0.3 is 5.73 Å². The van der Waals surface area contributed by atoms with Gasteiger partial charge in [0.05, 0.1) is 11.9 Å². The fourth-order valence-corrected chi connectivity index (χ4v) is 2.01. The van der Waals surface area contributed by atoms with Crippen LogP contribution in [-0.2, 0) is 13.5 Å². The molecule has 1 aromatic carbocycles. The summed E-state index contributed by atoms with van der Waals surface area (Å²) in [7, 11) is 1.90. The predicted molar refractivity (Wildman–Crippen MR) is 82.3 cm³/mol. The second kappa shape index (κ2) is 6.06. The average molecular weight is 269 g/mol.